The molecule has 19 heavy (non-hydrogen) atoms. The molecule has 1 aromatic rings. The van der Waals surface area contributed by atoms with Gasteiger partial charge in [-0.25, -0.2) is 0 Å². The molecule has 1 aliphatic rings. The van der Waals surface area contributed by atoms with Crippen LogP contribution in [0.3, 0.4) is 0 Å². The molecule has 2 nitrogen and oxygen atoms in total. The second-order valence-corrected chi connectivity index (χ2v) is 7.25. The van der Waals surface area contributed by atoms with E-state index in [2.05, 4.69) is 43.2 Å². The summed E-state index contributed by atoms with van der Waals surface area (Å²) >= 11 is 1.86. The molecule has 1 saturated carbocycles. The maximum atomic E-state index is 6.21. The Morgan fingerprint density at radius 3 is 2.74 bits per heavy atom. The summed E-state index contributed by atoms with van der Waals surface area (Å²) in [6.45, 7) is 10.0. The molecule has 3 atom stereocenters. The van der Waals surface area contributed by atoms with Gasteiger partial charge in [0.05, 0.1) is 0 Å². The van der Waals surface area contributed by atoms with Gasteiger partial charge in [0.15, 0.2) is 0 Å². The molecule has 1 aromatic heterocycles. The van der Waals surface area contributed by atoms with Crippen molar-refractivity contribution in [3.05, 3.63) is 22.4 Å². The van der Waals surface area contributed by atoms with Crippen LogP contribution in [0.2, 0.25) is 0 Å². The summed E-state index contributed by atoms with van der Waals surface area (Å²) in [4.78, 5) is 4.09. The van der Waals surface area contributed by atoms with Gasteiger partial charge in [0.2, 0.25) is 0 Å². The molecule has 3 unspecified atom stereocenters. The minimum absolute atomic E-state index is 0.227. The Morgan fingerprint density at radius 1 is 1.42 bits per heavy atom. The van der Waals surface area contributed by atoms with E-state index in [0.717, 1.165) is 31.5 Å². The molecule has 0 aliphatic heterocycles. The summed E-state index contributed by atoms with van der Waals surface area (Å²) in [5.41, 5.74) is 6.44. The van der Waals surface area contributed by atoms with E-state index in [1.165, 1.54) is 24.1 Å². The lowest BCUT2D eigenvalue weighted by molar-refractivity contribution is 0.0195. The minimum Gasteiger partial charge on any atom is -0.329 e. The van der Waals surface area contributed by atoms with Crippen LogP contribution in [0.4, 0.5) is 0 Å². The first kappa shape index (κ1) is 15.0. The van der Waals surface area contributed by atoms with Gasteiger partial charge in [-0.05, 0) is 49.1 Å². The van der Waals surface area contributed by atoms with Gasteiger partial charge in [0.25, 0.3) is 0 Å². The van der Waals surface area contributed by atoms with Crippen molar-refractivity contribution in [1.82, 2.24) is 4.90 Å². The Bertz CT molecular complexity index is 376. The highest BCUT2D eigenvalue weighted by Gasteiger charge is 2.40. The van der Waals surface area contributed by atoms with Gasteiger partial charge in [-0.15, -0.1) is 11.3 Å². The Morgan fingerprint density at radius 2 is 2.21 bits per heavy atom. The van der Waals surface area contributed by atoms with Crippen molar-refractivity contribution >= 4 is 11.3 Å². The molecule has 0 amide bonds. The van der Waals surface area contributed by atoms with Crippen LogP contribution in [0.1, 0.15) is 44.9 Å². The highest BCUT2D eigenvalue weighted by molar-refractivity contribution is 7.09. The van der Waals surface area contributed by atoms with E-state index in [9.17, 15) is 0 Å². The van der Waals surface area contributed by atoms with Gasteiger partial charge in [0.1, 0.15) is 0 Å². The summed E-state index contributed by atoms with van der Waals surface area (Å²) in [5, 5.41) is 2.17. The van der Waals surface area contributed by atoms with Crippen LogP contribution in [-0.2, 0) is 6.54 Å². The standard InChI is InChI=1S/C16H28N2S/c1-4-18(11-15-6-5-9-19-15)16(12-17)8-7-13(2)14(3)10-16/h5-6,9,13-14H,4,7-8,10-12,17H2,1-3H3. The molecule has 2 N–H and O–H groups in total. The first-order chi connectivity index (χ1) is 9.11. The lowest BCUT2D eigenvalue weighted by atomic mass is 9.70. The molecular weight excluding hydrogens is 252 g/mol. The van der Waals surface area contributed by atoms with E-state index in [0.29, 0.717) is 0 Å². The summed E-state index contributed by atoms with van der Waals surface area (Å²) in [6, 6.07) is 4.39. The Hall–Kier alpha value is -0.380. The number of nitrogens with zero attached hydrogens (tertiary/aromatic N) is 1. The molecule has 0 saturated heterocycles. The molecule has 2 rings (SSSR count). The Labute approximate surface area is 122 Å². The first-order valence-electron chi connectivity index (χ1n) is 7.59. The predicted octanol–water partition coefficient (Wildman–Crippen LogP) is 3.72. The van der Waals surface area contributed by atoms with Crippen molar-refractivity contribution in [2.24, 2.45) is 17.6 Å². The smallest absolute Gasteiger partial charge is 0.0338 e. The summed E-state index contributed by atoms with van der Waals surface area (Å²) in [5.74, 6) is 1.63. The monoisotopic (exact) mass is 280 g/mol. The molecule has 0 aromatic carbocycles. The average Bonchev–Trinajstić information content (AvgIpc) is 2.92. The lowest BCUT2D eigenvalue weighted by Gasteiger charge is -2.49. The highest BCUT2D eigenvalue weighted by Crippen LogP contribution is 2.40. The van der Waals surface area contributed by atoms with Crippen molar-refractivity contribution in [3.63, 3.8) is 0 Å². The zero-order valence-electron chi connectivity index (χ0n) is 12.6. The van der Waals surface area contributed by atoms with E-state index in [4.69, 9.17) is 5.73 Å². The van der Waals surface area contributed by atoms with Crippen LogP contribution < -0.4 is 5.73 Å². The Balaban J connectivity index is 2.13. The summed E-state index contributed by atoms with van der Waals surface area (Å²) in [6.07, 6.45) is 3.83. The van der Waals surface area contributed by atoms with Gasteiger partial charge >= 0.3 is 0 Å². The second kappa shape index (κ2) is 6.38. The number of hydrogen-bond donors (Lipinski definition) is 1. The largest absolute Gasteiger partial charge is 0.329 e. The zero-order chi connectivity index (χ0) is 13.9. The third-order valence-electron chi connectivity index (χ3n) is 5.10. The normalized spacial score (nSPS) is 31.8. The van der Waals surface area contributed by atoms with E-state index in [1.807, 2.05) is 11.3 Å². The molecule has 1 aliphatic carbocycles. The zero-order valence-corrected chi connectivity index (χ0v) is 13.4. The maximum Gasteiger partial charge on any atom is 0.0338 e. The molecular formula is C16H28N2S. The Kier molecular flexibility index (Phi) is 5.04. The van der Waals surface area contributed by atoms with Crippen molar-refractivity contribution in [3.8, 4) is 0 Å². The van der Waals surface area contributed by atoms with Crippen LogP contribution >= 0.6 is 11.3 Å². The van der Waals surface area contributed by atoms with Gasteiger partial charge in [-0.2, -0.15) is 0 Å². The molecule has 0 radical (unpaired) electrons. The van der Waals surface area contributed by atoms with Crippen LogP contribution in [0, 0.1) is 11.8 Å². The van der Waals surface area contributed by atoms with Crippen molar-refractivity contribution in [2.45, 2.75) is 52.1 Å². The quantitative estimate of drug-likeness (QED) is 0.890. The predicted molar refractivity (Wildman–Crippen MR) is 84.4 cm³/mol. The van der Waals surface area contributed by atoms with Gasteiger partial charge in [-0.3, -0.25) is 4.90 Å². The third kappa shape index (κ3) is 3.21. The highest BCUT2D eigenvalue weighted by atomic mass is 32.1. The SMILES string of the molecule is CCN(Cc1cccs1)C1(CN)CCC(C)C(C)C1. The number of thiophene rings is 1. The topological polar surface area (TPSA) is 29.3 Å². The molecule has 0 bridgehead atoms. The number of rotatable bonds is 5. The number of hydrogen-bond acceptors (Lipinski definition) is 3. The first-order valence-corrected chi connectivity index (χ1v) is 8.46. The number of nitrogens with two attached hydrogens (primary N) is 1. The van der Waals surface area contributed by atoms with E-state index < -0.39 is 0 Å². The van der Waals surface area contributed by atoms with E-state index in [1.54, 1.807) is 0 Å². The van der Waals surface area contributed by atoms with Crippen molar-refractivity contribution in [1.29, 1.82) is 0 Å². The molecule has 0 spiro atoms. The average molecular weight is 280 g/mol. The summed E-state index contributed by atoms with van der Waals surface area (Å²) in [7, 11) is 0. The molecule has 3 heteroatoms. The fourth-order valence-electron chi connectivity index (χ4n) is 3.49. The fourth-order valence-corrected chi connectivity index (χ4v) is 4.21. The van der Waals surface area contributed by atoms with Crippen LogP contribution in [-0.4, -0.2) is 23.5 Å². The van der Waals surface area contributed by atoms with Crippen LogP contribution in [0.15, 0.2) is 17.5 Å². The van der Waals surface area contributed by atoms with Gasteiger partial charge < -0.3 is 5.73 Å². The lowest BCUT2D eigenvalue weighted by Crippen LogP contribution is -2.56. The summed E-state index contributed by atoms with van der Waals surface area (Å²) < 4.78 is 0. The molecule has 1 fully saturated rings. The fraction of sp³-hybridized carbons (Fsp3) is 0.750. The van der Waals surface area contributed by atoms with Crippen molar-refractivity contribution < 1.29 is 0 Å². The molecule has 108 valence electrons. The molecule has 1 heterocycles. The van der Waals surface area contributed by atoms with Crippen molar-refractivity contribution in [2.75, 3.05) is 13.1 Å². The second-order valence-electron chi connectivity index (χ2n) is 6.22. The van der Waals surface area contributed by atoms with E-state index in [-0.39, 0.29) is 5.54 Å². The van der Waals surface area contributed by atoms with Crippen LogP contribution in [0.25, 0.3) is 0 Å². The maximum absolute atomic E-state index is 6.21. The minimum atomic E-state index is 0.227. The van der Waals surface area contributed by atoms with Crippen LogP contribution in [0.5, 0.6) is 0 Å². The van der Waals surface area contributed by atoms with Gasteiger partial charge in [-0.1, -0.05) is 26.8 Å². The van der Waals surface area contributed by atoms with E-state index >= 15 is 0 Å². The van der Waals surface area contributed by atoms with Gasteiger partial charge in [0, 0.05) is 23.5 Å². The number of likely N-dealkylation sites (N-methyl/N-ethyl adjacent to an activating group) is 1. The third-order valence-corrected chi connectivity index (χ3v) is 5.96.